The van der Waals surface area contributed by atoms with Crippen molar-refractivity contribution in [1.82, 2.24) is 0 Å². The summed E-state index contributed by atoms with van der Waals surface area (Å²) in [6.45, 7) is 1.05. The maximum absolute atomic E-state index is 6.06. The van der Waals surface area contributed by atoms with Gasteiger partial charge in [0, 0.05) is 0 Å². The van der Waals surface area contributed by atoms with Crippen LogP contribution >= 0.6 is 0 Å². The van der Waals surface area contributed by atoms with Crippen molar-refractivity contribution in [3.8, 4) is 0 Å². The normalized spacial score (nSPS) is 33.4. The molecule has 0 aromatic rings. The molecule has 0 unspecified atom stereocenters. The second-order valence-corrected chi connectivity index (χ2v) is 11.3. The first-order valence-electron chi connectivity index (χ1n) is 14.3. The van der Waals surface area contributed by atoms with Crippen molar-refractivity contribution >= 4 is 0 Å². The van der Waals surface area contributed by atoms with Gasteiger partial charge in [-0.15, -0.1) is 0 Å². The van der Waals surface area contributed by atoms with E-state index in [2.05, 4.69) is 0 Å². The Bertz CT molecular complexity index is 426. The molecular formula is C28H50O4. The SMILES string of the molecule is C1CCC(OCOC2CCC(CCC3CCC(OCOC4CCCCC4)CC3)CC2)CC1. The molecule has 0 N–H and O–H groups in total. The Balaban J connectivity index is 0.986. The van der Waals surface area contributed by atoms with Gasteiger partial charge >= 0.3 is 0 Å². The molecule has 4 aliphatic carbocycles. The average molecular weight is 451 g/mol. The lowest BCUT2D eigenvalue weighted by Crippen LogP contribution is -2.26. The fraction of sp³-hybridized carbons (Fsp3) is 1.00. The van der Waals surface area contributed by atoms with Crippen LogP contribution in [0.5, 0.6) is 0 Å². The zero-order chi connectivity index (χ0) is 21.8. The van der Waals surface area contributed by atoms with Gasteiger partial charge in [-0.25, -0.2) is 0 Å². The van der Waals surface area contributed by atoms with E-state index in [0.717, 1.165) is 11.8 Å². The van der Waals surface area contributed by atoms with Crippen LogP contribution in [0, 0.1) is 11.8 Å². The molecule has 0 aliphatic heterocycles. The summed E-state index contributed by atoms with van der Waals surface area (Å²) in [4.78, 5) is 0. The number of ether oxygens (including phenoxy) is 4. The molecule has 32 heavy (non-hydrogen) atoms. The van der Waals surface area contributed by atoms with Gasteiger partial charge in [0.2, 0.25) is 0 Å². The summed E-state index contributed by atoms with van der Waals surface area (Å²) in [5.74, 6) is 1.85. The molecular weight excluding hydrogens is 400 g/mol. The van der Waals surface area contributed by atoms with E-state index >= 15 is 0 Å². The van der Waals surface area contributed by atoms with Crippen molar-refractivity contribution in [2.75, 3.05) is 13.6 Å². The van der Waals surface area contributed by atoms with Crippen LogP contribution < -0.4 is 0 Å². The Kier molecular flexibility index (Phi) is 11.1. The van der Waals surface area contributed by atoms with Gasteiger partial charge in [0.05, 0.1) is 24.4 Å². The highest BCUT2D eigenvalue weighted by Gasteiger charge is 2.26. The summed E-state index contributed by atoms with van der Waals surface area (Å²) in [5, 5.41) is 0. The van der Waals surface area contributed by atoms with Crippen molar-refractivity contribution in [2.45, 2.75) is 153 Å². The Labute approximate surface area is 197 Å². The quantitative estimate of drug-likeness (QED) is 0.305. The van der Waals surface area contributed by atoms with E-state index in [4.69, 9.17) is 18.9 Å². The average Bonchev–Trinajstić information content (AvgIpc) is 2.86. The van der Waals surface area contributed by atoms with Crippen LogP contribution in [0.25, 0.3) is 0 Å². The van der Waals surface area contributed by atoms with E-state index in [1.165, 1.54) is 128 Å². The van der Waals surface area contributed by atoms with Crippen molar-refractivity contribution in [3.05, 3.63) is 0 Å². The maximum Gasteiger partial charge on any atom is 0.147 e. The second kappa shape index (κ2) is 14.3. The predicted molar refractivity (Wildman–Crippen MR) is 129 cm³/mol. The third-order valence-electron chi connectivity index (χ3n) is 8.89. The minimum absolute atomic E-state index is 0.443. The van der Waals surface area contributed by atoms with Crippen LogP contribution in [-0.4, -0.2) is 38.0 Å². The standard InChI is InChI=1S/C28H50O4/c1-3-7-25(8-4-1)29-21-31-27-17-13-23(14-18-27)11-12-24-15-19-28(20-16-24)32-22-30-26-9-5-2-6-10-26/h23-28H,1-22H2. The minimum Gasteiger partial charge on any atom is -0.352 e. The van der Waals surface area contributed by atoms with E-state index in [1.807, 2.05) is 0 Å². The first-order chi connectivity index (χ1) is 15.8. The summed E-state index contributed by atoms with van der Waals surface area (Å²) < 4.78 is 24.1. The Morgan fingerprint density at radius 1 is 0.344 bits per heavy atom. The molecule has 0 amide bonds. The van der Waals surface area contributed by atoms with Crippen molar-refractivity contribution in [3.63, 3.8) is 0 Å². The highest BCUT2D eigenvalue weighted by molar-refractivity contribution is 4.77. The van der Waals surface area contributed by atoms with Crippen LogP contribution in [0.4, 0.5) is 0 Å². The topological polar surface area (TPSA) is 36.9 Å². The maximum atomic E-state index is 6.06. The Morgan fingerprint density at radius 3 is 1.00 bits per heavy atom. The first kappa shape index (κ1) is 24.9. The Hall–Kier alpha value is -0.160. The number of hydrogen-bond acceptors (Lipinski definition) is 4. The zero-order valence-electron chi connectivity index (χ0n) is 20.7. The highest BCUT2D eigenvalue weighted by atomic mass is 16.7. The molecule has 4 heteroatoms. The zero-order valence-corrected chi connectivity index (χ0v) is 20.7. The summed E-state index contributed by atoms with van der Waals surface area (Å²) in [7, 11) is 0. The van der Waals surface area contributed by atoms with E-state index in [-0.39, 0.29) is 0 Å². The van der Waals surface area contributed by atoms with Gasteiger partial charge in [-0.05, 0) is 88.9 Å². The van der Waals surface area contributed by atoms with Crippen molar-refractivity contribution < 1.29 is 18.9 Å². The molecule has 0 bridgehead atoms. The lowest BCUT2D eigenvalue weighted by atomic mass is 9.79. The third-order valence-corrected chi connectivity index (χ3v) is 8.89. The van der Waals surface area contributed by atoms with E-state index < -0.39 is 0 Å². The largest absolute Gasteiger partial charge is 0.352 e. The summed E-state index contributed by atoms with van der Waals surface area (Å²) in [5.41, 5.74) is 0. The lowest BCUT2D eigenvalue weighted by Gasteiger charge is -2.32. The van der Waals surface area contributed by atoms with E-state index in [9.17, 15) is 0 Å². The fourth-order valence-electron chi connectivity index (χ4n) is 6.57. The number of rotatable bonds is 11. The van der Waals surface area contributed by atoms with Crippen LogP contribution in [0.1, 0.15) is 128 Å². The number of hydrogen-bond donors (Lipinski definition) is 0. The predicted octanol–water partition coefficient (Wildman–Crippen LogP) is 7.53. The van der Waals surface area contributed by atoms with Crippen molar-refractivity contribution in [1.29, 1.82) is 0 Å². The molecule has 0 radical (unpaired) electrons. The van der Waals surface area contributed by atoms with Gasteiger partial charge in [-0.1, -0.05) is 51.4 Å². The Morgan fingerprint density at radius 2 is 0.656 bits per heavy atom. The molecule has 4 aliphatic rings. The third kappa shape index (κ3) is 8.89. The molecule has 0 heterocycles. The van der Waals surface area contributed by atoms with Crippen molar-refractivity contribution in [2.24, 2.45) is 11.8 Å². The summed E-state index contributed by atoms with van der Waals surface area (Å²) >= 11 is 0. The molecule has 4 rings (SSSR count). The summed E-state index contributed by atoms with van der Waals surface area (Å²) in [6.07, 6.45) is 28.0. The van der Waals surface area contributed by atoms with Crippen LogP contribution in [-0.2, 0) is 18.9 Å². The van der Waals surface area contributed by atoms with Gasteiger partial charge < -0.3 is 18.9 Å². The second-order valence-electron chi connectivity index (χ2n) is 11.3. The monoisotopic (exact) mass is 450 g/mol. The van der Waals surface area contributed by atoms with E-state index in [1.54, 1.807) is 0 Å². The summed E-state index contributed by atoms with van der Waals surface area (Å²) in [6, 6.07) is 0. The molecule has 4 fully saturated rings. The molecule has 0 atom stereocenters. The molecule has 4 saturated carbocycles. The van der Waals surface area contributed by atoms with Gasteiger partial charge in [-0.3, -0.25) is 0 Å². The van der Waals surface area contributed by atoms with Gasteiger partial charge in [0.25, 0.3) is 0 Å². The molecule has 0 saturated heterocycles. The molecule has 0 aromatic heterocycles. The molecule has 186 valence electrons. The van der Waals surface area contributed by atoms with Gasteiger partial charge in [0.1, 0.15) is 13.6 Å². The first-order valence-corrected chi connectivity index (χ1v) is 14.3. The van der Waals surface area contributed by atoms with Gasteiger partial charge in [-0.2, -0.15) is 0 Å². The van der Waals surface area contributed by atoms with Gasteiger partial charge in [0.15, 0.2) is 0 Å². The van der Waals surface area contributed by atoms with Crippen LogP contribution in [0.15, 0.2) is 0 Å². The fourth-order valence-corrected chi connectivity index (χ4v) is 6.57. The molecule has 0 spiro atoms. The van der Waals surface area contributed by atoms with Crippen LogP contribution in [0.2, 0.25) is 0 Å². The minimum atomic E-state index is 0.443. The highest BCUT2D eigenvalue weighted by Crippen LogP contribution is 2.35. The molecule has 0 aromatic carbocycles. The lowest BCUT2D eigenvalue weighted by molar-refractivity contribution is -0.134. The smallest absolute Gasteiger partial charge is 0.147 e. The molecule has 4 nitrogen and oxygen atoms in total. The van der Waals surface area contributed by atoms with Crippen LogP contribution in [0.3, 0.4) is 0 Å². The van der Waals surface area contributed by atoms with E-state index in [0.29, 0.717) is 38.0 Å².